The Kier molecular flexibility index (Phi) is 7.52. The summed E-state index contributed by atoms with van der Waals surface area (Å²) in [6.07, 6.45) is 0. The zero-order chi connectivity index (χ0) is 40.8. The van der Waals surface area contributed by atoms with Gasteiger partial charge in [-0.1, -0.05) is 176 Å². The topological polar surface area (TPSA) is 38.9 Å². The highest BCUT2D eigenvalue weighted by Crippen LogP contribution is 2.61. The summed E-state index contributed by atoms with van der Waals surface area (Å²) in [6.45, 7) is 0. The second-order valence-electron chi connectivity index (χ2n) is 16.4. The molecule has 0 bridgehead atoms. The Balaban J connectivity index is 1.07. The van der Waals surface area contributed by atoms with E-state index in [1.54, 1.807) is 0 Å². The van der Waals surface area contributed by atoms with Gasteiger partial charge in [-0.05, 0) is 109 Å². The minimum atomic E-state index is -0.550. The van der Waals surface area contributed by atoms with E-state index in [0.29, 0.717) is 5.82 Å². The molecule has 11 aromatic rings. The predicted octanol–water partition coefficient (Wildman–Crippen LogP) is 15.1. The molecule has 2 aliphatic rings. The average Bonchev–Trinajstić information content (AvgIpc) is 3.84. The highest BCUT2D eigenvalue weighted by Gasteiger charge is 2.49. The molecule has 3 heteroatoms. The molecule has 0 amide bonds. The normalized spacial score (nSPS) is 13.0. The maximum atomic E-state index is 6.25. The van der Waals surface area contributed by atoms with Crippen molar-refractivity contribution in [3.63, 3.8) is 0 Å². The highest BCUT2D eigenvalue weighted by molar-refractivity contribution is 6.06. The fourth-order valence-corrected chi connectivity index (χ4v) is 10.4. The smallest absolute Gasteiger partial charge is 0.160 e. The second-order valence-corrected chi connectivity index (χ2v) is 16.4. The van der Waals surface area contributed by atoms with Crippen LogP contribution in [0.2, 0.25) is 0 Å². The largest absolute Gasteiger partial charge is 0.456 e. The summed E-state index contributed by atoms with van der Waals surface area (Å²) in [4.78, 5) is 10.9. The first-order valence-corrected chi connectivity index (χ1v) is 21.2. The molecule has 2 heterocycles. The molecule has 2 aliphatic carbocycles. The van der Waals surface area contributed by atoms with Gasteiger partial charge in [0.15, 0.2) is 5.82 Å². The number of rotatable bonds is 4. The van der Waals surface area contributed by atoms with Crippen LogP contribution >= 0.6 is 0 Å². The van der Waals surface area contributed by atoms with Gasteiger partial charge in [0.25, 0.3) is 0 Å². The molecular weight excluding hydrogens is 753 g/mol. The average molecular weight is 789 g/mol. The van der Waals surface area contributed by atoms with Gasteiger partial charge in [-0.25, -0.2) is 9.97 Å². The van der Waals surface area contributed by atoms with E-state index in [4.69, 9.17) is 14.4 Å². The van der Waals surface area contributed by atoms with Crippen LogP contribution in [0.15, 0.2) is 223 Å². The molecule has 0 N–H and O–H groups in total. The van der Waals surface area contributed by atoms with Crippen molar-refractivity contribution < 1.29 is 4.42 Å². The van der Waals surface area contributed by atoms with Gasteiger partial charge in [0.05, 0.1) is 16.8 Å². The number of para-hydroxylation sites is 1. The van der Waals surface area contributed by atoms with Crippen LogP contribution in [0.5, 0.6) is 0 Å². The van der Waals surface area contributed by atoms with E-state index >= 15 is 0 Å². The van der Waals surface area contributed by atoms with Gasteiger partial charge >= 0.3 is 0 Å². The summed E-state index contributed by atoms with van der Waals surface area (Å²) in [7, 11) is 0. The van der Waals surface area contributed by atoms with E-state index in [9.17, 15) is 0 Å². The van der Waals surface area contributed by atoms with Crippen molar-refractivity contribution in [2.45, 2.75) is 5.41 Å². The Labute approximate surface area is 359 Å². The molecule has 0 saturated heterocycles. The number of aromatic nitrogens is 2. The maximum absolute atomic E-state index is 6.25. The molecule has 0 fully saturated rings. The van der Waals surface area contributed by atoms with Crippen LogP contribution in [0.1, 0.15) is 22.3 Å². The standard InChI is InChI=1S/C59H36N2O/c1-2-15-37(16-3-1)38-17-14-18-39(33-38)54-36-55(40-30-32-57-49(34-40)47-24-9-13-28-56(47)62-57)61-58(60-54)41-29-31-53-48(35-41)43-20-5-4-19-42(43)44-21-6-10-25-50(44)59(53)51-26-11-7-22-45(51)46-23-8-12-27-52(46)59/h1-36H. The lowest BCUT2D eigenvalue weighted by Crippen LogP contribution is -2.29. The second kappa shape index (κ2) is 13.4. The summed E-state index contributed by atoms with van der Waals surface area (Å²) in [5.74, 6) is 0.670. The first-order valence-electron chi connectivity index (χ1n) is 21.2. The van der Waals surface area contributed by atoms with Gasteiger partial charge in [-0.15, -0.1) is 0 Å². The lowest BCUT2D eigenvalue weighted by Gasteiger charge is -2.35. The number of benzene rings is 9. The zero-order valence-electron chi connectivity index (χ0n) is 33.6. The van der Waals surface area contributed by atoms with E-state index in [1.165, 1.54) is 55.6 Å². The molecule has 9 aromatic carbocycles. The fourth-order valence-electron chi connectivity index (χ4n) is 10.4. The van der Waals surface area contributed by atoms with Crippen molar-refractivity contribution in [1.29, 1.82) is 0 Å². The van der Waals surface area contributed by atoms with Gasteiger partial charge in [0, 0.05) is 27.5 Å². The highest BCUT2D eigenvalue weighted by atomic mass is 16.3. The molecule has 0 atom stereocenters. The molecule has 0 radical (unpaired) electrons. The summed E-state index contributed by atoms with van der Waals surface area (Å²) >= 11 is 0. The van der Waals surface area contributed by atoms with Crippen molar-refractivity contribution in [3.05, 3.63) is 241 Å². The molecule has 0 aliphatic heterocycles. The number of hydrogen-bond acceptors (Lipinski definition) is 3. The minimum absolute atomic E-state index is 0.550. The fraction of sp³-hybridized carbons (Fsp3) is 0.0169. The third-order valence-corrected chi connectivity index (χ3v) is 13.1. The van der Waals surface area contributed by atoms with E-state index in [0.717, 1.165) is 61.1 Å². The Morgan fingerprint density at radius 1 is 0.290 bits per heavy atom. The summed E-state index contributed by atoms with van der Waals surface area (Å²) in [6, 6.07) is 78.8. The molecule has 3 nitrogen and oxygen atoms in total. The molecule has 288 valence electrons. The molecule has 1 spiro atoms. The van der Waals surface area contributed by atoms with Gasteiger partial charge in [0.1, 0.15) is 11.2 Å². The summed E-state index contributed by atoms with van der Waals surface area (Å²) in [5, 5.41) is 2.15. The van der Waals surface area contributed by atoms with Crippen LogP contribution in [0, 0.1) is 0 Å². The number of furan rings is 1. The van der Waals surface area contributed by atoms with E-state index in [1.807, 2.05) is 12.1 Å². The number of fused-ring (bicyclic) bond motifs is 15. The van der Waals surface area contributed by atoms with Crippen molar-refractivity contribution in [2.24, 2.45) is 0 Å². The Morgan fingerprint density at radius 3 is 1.50 bits per heavy atom. The lowest BCUT2D eigenvalue weighted by atomic mass is 9.66. The van der Waals surface area contributed by atoms with Crippen LogP contribution in [0.3, 0.4) is 0 Å². The quantitative estimate of drug-likeness (QED) is 0.178. The van der Waals surface area contributed by atoms with Crippen LogP contribution in [0.25, 0.3) is 100 Å². The Hall–Kier alpha value is -8.14. The van der Waals surface area contributed by atoms with Crippen LogP contribution in [-0.4, -0.2) is 9.97 Å². The first kappa shape index (κ1) is 34.7. The Bertz CT molecular complexity index is 3550. The van der Waals surface area contributed by atoms with E-state index in [2.05, 4.69) is 206 Å². The van der Waals surface area contributed by atoms with Gasteiger partial charge in [-0.2, -0.15) is 0 Å². The SMILES string of the molecule is c1ccc(-c2cccc(-c3cc(-c4ccc5oc6ccccc6c5c4)nc(-c4ccc5c(c4)-c4ccccc4-c4ccccc4C54c5ccccc5-c5ccccc54)n3)c2)cc1. The van der Waals surface area contributed by atoms with E-state index in [-0.39, 0.29) is 0 Å². The van der Waals surface area contributed by atoms with E-state index < -0.39 is 5.41 Å². The van der Waals surface area contributed by atoms with Gasteiger partial charge in [-0.3, -0.25) is 0 Å². The van der Waals surface area contributed by atoms with Crippen molar-refractivity contribution in [1.82, 2.24) is 9.97 Å². The monoisotopic (exact) mass is 788 g/mol. The predicted molar refractivity (Wildman–Crippen MR) is 253 cm³/mol. The molecule has 62 heavy (non-hydrogen) atoms. The molecular formula is C59H36N2O. The zero-order valence-corrected chi connectivity index (χ0v) is 33.6. The van der Waals surface area contributed by atoms with Gasteiger partial charge < -0.3 is 4.42 Å². The Morgan fingerprint density at radius 2 is 0.790 bits per heavy atom. The third-order valence-electron chi connectivity index (χ3n) is 13.1. The van der Waals surface area contributed by atoms with Crippen LogP contribution in [0.4, 0.5) is 0 Å². The van der Waals surface area contributed by atoms with Crippen molar-refractivity contribution in [3.8, 4) is 78.4 Å². The van der Waals surface area contributed by atoms with Crippen molar-refractivity contribution in [2.75, 3.05) is 0 Å². The number of hydrogen-bond donors (Lipinski definition) is 0. The first-order chi connectivity index (χ1) is 30.7. The molecule has 2 aromatic heterocycles. The molecule has 0 saturated carbocycles. The lowest BCUT2D eigenvalue weighted by molar-refractivity contribution is 0.669. The van der Waals surface area contributed by atoms with Crippen LogP contribution in [-0.2, 0) is 5.41 Å². The molecule has 13 rings (SSSR count). The minimum Gasteiger partial charge on any atom is -0.456 e. The molecule has 0 unspecified atom stereocenters. The summed E-state index contributed by atoms with van der Waals surface area (Å²) in [5.41, 5.74) is 20.7. The van der Waals surface area contributed by atoms with Crippen LogP contribution < -0.4 is 0 Å². The maximum Gasteiger partial charge on any atom is 0.160 e. The summed E-state index contributed by atoms with van der Waals surface area (Å²) < 4.78 is 6.25. The van der Waals surface area contributed by atoms with Crippen molar-refractivity contribution >= 4 is 21.9 Å². The van der Waals surface area contributed by atoms with Gasteiger partial charge in [0.2, 0.25) is 0 Å². The third kappa shape index (κ3) is 5.06. The number of nitrogens with zero attached hydrogens (tertiary/aromatic N) is 2.